The van der Waals surface area contributed by atoms with Crippen molar-refractivity contribution >= 4 is 28.3 Å². The zero-order chi connectivity index (χ0) is 10.3. The number of aromatic nitrogens is 2. The van der Waals surface area contributed by atoms with E-state index in [-0.39, 0.29) is 0 Å². The Balaban J connectivity index is 2.70. The summed E-state index contributed by atoms with van der Waals surface area (Å²) in [4.78, 5) is 7.11. The Bertz CT molecular complexity index is 478. The molecule has 4 N–H and O–H groups in total. The smallest absolute Gasteiger partial charge is 0.136 e. The molecule has 0 fully saturated rings. The van der Waals surface area contributed by atoms with Crippen LogP contribution in [0.1, 0.15) is 18.9 Å². The molecule has 0 bridgehead atoms. The summed E-state index contributed by atoms with van der Waals surface area (Å²) in [5.74, 6) is 0.494. The number of nitrogen functional groups attached to an aromatic ring is 1. The number of halogens is 1. The van der Waals surface area contributed by atoms with Crippen LogP contribution in [-0.2, 0) is 0 Å². The summed E-state index contributed by atoms with van der Waals surface area (Å²) in [5, 5.41) is 9.87. The molecule has 2 rings (SSSR count). The number of aliphatic hydroxyl groups excluding tert-OH is 1. The third-order valence-electron chi connectivity index (χ3n) is 1.99. The standard InChI is InChI=1S/C9H10ClN3O/c1-4(14)9-12-7-3-5(10)2-6(11)8(7)13-9/h2-4,14H,11H2,1H3,(H,12,13)/t4-/m0/s1. The molecule has 0 saturated carbocycles. The molecule has 1 aromatic heterocycles. The van der Waals surface area contributed by atoms with E-state index < -0.39 is 6.10 Å². The lowest BCUT2D eigenvalue weighted by Gasteiger charge is -1.95. The van der Waals surface area contributed by atoms with E-state index in [4.69, 9.17) is 17.3 Å². The number of aliphatic hydroxyl groups is 1. The second kappa shape index (κ2) is 3.15. The van der Waals surface area contributed by atoms with E-state index in [9.17, 15) is 5.11 Å². The molecule has 0 radical (unpaired) electrons. The Labute approximate surface area is 85.7 Å². The van der Waals surface area contributed by atoms with E-state index in [1.807, 2.05) is 0 Å². The number of nitrogens with two attached hydrogens (primary N) is 1. The van der Waals surface area contributed by atoms with Gasteiger partial charge in [0.05, 0.1) is 11.2 Å². The predicted octanol–water partition coefficient (Wildman–Crippen LogP) is 1.85. The van der Waals surface area contributed by atoms with Gasteiger partial charge in [-0.15, -0.1) is 0 Å². The van der Waals surface area contributed by atoms with E-state index in [0.29, 0.717) is 22.1 Å². The number of anilines is 1. The van der Waals surface area contributed by atoms with Crippen molar-refractivity contribution in [1.82, 2.24) is 9.97 Å². The van der Waals surface area contributed by atoms with Gasteiger partial charge >= 0.3 is 0 Å². The van der Waals surface area contributed by atoms with Gasteiger partial charge in [-0.1, -0.05) is 11.6 Å². The molecular formula is C9H10ClN3O. The zero-order valence-corrected chi connectivity index (χ0v) is 8.34. The summed E-state index contributed by atoms with van der Waals surface area (Å²) < 4.78 is 0. The molecule has 5 heteroatoms. The number of H-pyrrole nitrogens is 1. The third-order valence-corrected chi connectivity index (χ3v) is 2.21. The highest BCUT2D eigenvalue weighted by Crippen LogP contribution is 2.25. The maximum absolute atomic E-state index is 9.32. The van der Waals surface area contributed by atoms with Crippen LogP contribution >= 0.6 is 11.6 Å². The van der Waals surface area contributed by atoms with E-state index >= 15 is 0 Å². The molecule has 2 aromatic rings. The molecule has 14 heavy (non-hydrogen) atoms. The van der Waals surface area contributed by atoms with Crippen molar-refractivity contribution in [2.24, 2.45) is 0 Å². The largest absolute Gasteiger partial charge is 0.397 e. The van der Waals surface area contributed by atoms with Gasteiger partial charge in [-0.2, -0.15) is 0 Å². The molecule has 74 valence electrons. The van der Waals surface area contributed by atoms with Crippen molar-refractivity contribution in [2.45, 2.75) is 13.0 Å². The minimum absolute atomic E-state index is 0.494. The Hall–Kier alpha value is -1.26. The fourth-order valence-corrected chi connectivity index (χ4v) is 1.55. The molecule has 0 saturated heterocycles. The summed E-state index contributed by atoms with van der Waals surface area (Å²) in [5.41, 5.74) is 7.62. The molecule has 1 aromatic carbocycles. The minimum Gasteiger partial charge on any atom is -0.397 e. The Morgan fingerprint density at radius 2 is 2.29 bits per heavy atom. The summed E-state index contributed by atoms with van der Waals surface area (Å²) in [6.07, 6.45) is -0.638. The number of hydrogen-bond donors (Lipinski definition) is 3. The summed E-state index contributed by atoms with van der Waals surface area (Å²) >= 11 is 5.82. The topological polar surface area (TPSA) is 74.9 Å². The highest BCUT2D eigenvalue weighted by molar-refractivity contribution is 6.31. The van der Waals surface area contributed by atoms with Crippen LogP contribution < -0.4 is 5.73 Å². The first-order chi connectivity index (χ1) is 6.58. The predicted molar refractivity (Wildman–Crippen MR) is 56.1 cm³/mol. The Morgan fingerprint density at radius 3 is 2.93 bits per heavy atom. The Kier molecular flexibility index (Phi) is 2.09. The molecule has 0 aliphatic heterocycles. The van der Waals surface area contributed by atoms with Crippen LogP contribution in [0.3, 0.4) is 0 Å². The number of nitrogens with zero attached hydrogens (tertiary/aromatic N) is 1. The third kappa shape index (κ3) is 1.42. The van der Waals surface area contributed by atoms with Gasteiger partial charge in [-0.25, -0.2) is 4.98 Å². The van der Waals surface area contributed by atoms with Crippen molar-refractivity contribution in [3.05, 3.63) is 23.0 Å². The molecule has 0 amide bonds. The van der Waals surface area contributed by atoms with Crippen molar-refractivity contribution in [3.63, 3.8) is 0 Å². The number of nitrogens with one attached hydrogen (secondary N) is 1. The second-order valence-electron chi connectivity index (χ2n) is 3.19. The zero-order valence-electron chi connectivity index (χ0n) is 7.58. The lowest BCUT2D eigenvalue weighted by atomic mass is 10.3. The first kappa shape index (κ1) is 9.30. The maximum Gasteiger partial charge on any atom is 0.136 e. The van der Waals surface area contributed by atoms with E-state index in [0.717, 1.165) is 5.52 Å². The average Bonchev–Trinajstić information content (AvgIpc) is 2.47. The number of imidazole rings is 1. The lowest BCUT2D eigenvalue weighted by molar-refractivity contribution is 0.190. The van der Waals surface area contributed by atoms with E-state index in [2.05, 4.69) is 9.97 Å². The SMILES string of the molecule is C[C@H](O)c1nc2c(N)cc(Cl)cc2[nH]1. The van der Waals surface area contributed by atoms with Crippen molar-refractivity contribution in [1.29, 1.82) is 0 Å². The number of aromatic amines is 1. The summed E-state index contributed by atoms with van der Waals surface area (Å²) in [6.45, 7) is 1.63. The molecule has 1 atom stereocenters. The molecule has 0 aliphatic carbocycles. The van der Waals surface area contributed by atoms with Gasteiger partial charge in [-0.05, 0) is 19.1 Å². The quantitative estimate of drug-likeness (QED) is 0.631. The van der Waals surface area contributed by atoms with Crippen molar-refractivity contribution < 1.29 is 5.11 Å². The lowest BCUT2D eigenvalue weighted by Crippen LogP contribution is -1.92. The normalized spacial score (nSPS) is 13.4. The molecule has 4 nitrogen and oxygen atoms in total. The molecular weight excluding hydrogens is 202 g/mol. The molecule has 0 spiro atoms. The fraction of sp³-hybridized carbons (Fsp3) is 0.222. The number of benzene rings is 1. The summed E-state index contributed by atoms with van der Waals surface area (Å²) in [7, 11) is 0. The fourth-order valence-electron chi connectivity index (χ4n) is 1.32. The molecule has 1 heterocycles. The second-order valence-corrected chi connectivity index (χ2v) is 3.63. The van der Waals surface area contributed by atoms with Gasteiger partial charge in [-0.3, -0.25) is 0 Å². The number of hydrogen-bond acceptors (Lipinski definition) is 3. The number of fused-ring (bicyclic) bond motifs is 1. The Morgan fingerprint density at radius 1 is 1.57 bits per heavy atom. The highest BCUT2D eigenvalue weighted by atomic mass is 35.5. The van der Waals surface area contributed by atoms with Gasteiger partial charge in [0.25, 0.3) is 0 Å². The van der Waals surface area contributed by atoms with Crippen LogP contribution in [0.4, 0.5) is 5.69 Å². The van der Waals surface area contributed by atoms with Crippen LogP contribution in [0.5, 0.6) is 0 Å². The summed E-state index contributed by atoms with van der Waals surface area (Å²) in [6, 6.07) is 3.36. The van der Waals surface area contributed by atoms with Gasteiger partial charge in [0.2, 0.25) is 0 Å². The molecule has 0 unspecified atom stereocenters. The van der Waals surface area contributed by atoms with E-state index in [1.165, 1.54) is 0 Å². The average molecular weight is 212 g/mol. The highest BCUT2D eigenvalue weighted by Gasteiger charge is 2.10. The maximum atomic E-state index is 9.32. The first-order valence-electron chi connectivity index (χ1n) is 4.20. The van der Waals surface area contributed by atoms with Crippen LogP contribution in [0.2, 0.25) is 5.02 Å². The van der Waals surface area contributed by atoms with Gasteiger partial charge in [0.1, 0.15) is 17.4 Å². The van der Waals surface area contributed by atoms with Gasteiger partial charge < -0.3 is 15.8 Å². The molecule has 0 aliphatic rings. The van der Waals surface area contributed by atoms with Crippen molar-refractivity contribution in [2.75, 3.05) is 5.73 Å². The monoisotopic (exact) mass is 211 g/mol. The van der Waals surface area contributed by atoms with Gasteiger partial charge in [0, 0.05) is 5.02 Å². The van der Waals surface area contributed by atoms with Crippen LogP contribution in [0.15, 0.2) is 12.1 Å². The number of rotatable bonds is 1. The van der Waals surface area contributed by atoms with Crippen molar-refractivity contribution in [3.8, 4) is 0 Å². The van der Waals surface area contributed by atoms with Crippen LogP contribution in [-0.4, -0.2) is 15.1 Å². The minimum atomic E-state index is -0.638. The van der Waals surface area contributed by atoms with Crippen LogP contribution in [0.25, 0.3) is 11.0 Å². The van der Waals surface area contributed by atoms with Gasteiger partial charge in [0.15, 0.2) is 0 Å². The van der Waals surface area contributed by atoms with Crippen LogP contribution in [0, 0.1) is 0 Å². The first-order valence-corrected chi connectivity index (χ1v) is 4.58. The van der Waals surface area contributed by atoms with E-state index in [1.54, 1.807) is 19.1 Å².